The average molecular weight is 244 g/mol. The SMILES string of the molecule is CCC(NC)C(C)Cc1cc(Cl)ccc1F. The molecule has 1 rings (SSSR count). The van der Waals surface area contributed by atoms with E-state index in [-0.39, 0.29) is 5.82 Å². The molecule has 90 valence electrons. The van der Waals surface area contributed by atoms with Crippen molar-refractivity contribution in [3.8, 4) is 0 Å². The van der Waals surface area contributed by atoms with Crippen molar-refractivity contribution in [3.63, 3.8) is 0 Å². The van der Waals surface area contributed by atoms with Gasteiger partial charge in [-0.2, -0.15) is 0 Å². The van der Waals surface area contributed by atoms with Gasteiger partial charge in [-0.25, -0.2) is 4.39 Å². The van der Waals surface area contributed by atoms with E-state index in [9.17, 15) is 4.39 Å². The molecule has 0 heterocycles. The summed E-state index contributed by atoms with van der Waals surface area (Å²) in [5, 5.41) is 3.85. The van der Waals surface area contributed by atoms with Crippen molar-refractivity contribution in [1.82, 2.24) is 5.32 Å². The molecule has 0 fully saturated rings. The van der Waals surface area contributed by atoms with Crippen LogP contribution in [-0.2, 0) is 6.42 Å². The van der Waals surface area contributed by atoms with E-state index in [0.29, 0.717) is 29.0 Å². The fourth-order valence-corrected chi connectivity index (χ4v) is 2.27. The van der Waals surface area contributed by atoms with Gasteiger partial charge in [0.1, 0.15) is 5.82 Å². The number of halogens is 2. The van der Waals surface area contributed by atoms with Crippen LogP contribution in [0.1, 0.15) is 25.8 Å². The molecular weight excluding hydrogens is 225 g/mol. The summed E-state index contributed by atoms with van der Waals surface area (Å²) in [7, 11) is 1.94. The first-order valence-electron chi connectivity index (χ1n) is 5.69. The van der Waals surface area contributed by atoms with Crippen LogP contribution in [0, 0.1) is 11.7 Å². The van der Waals surface area contributed by atoms with Gasteiger partial charge in [-0.1, -0.05) is 25.4 Å². The smallest absolute Gasteiger partial charge is 0.126 e. The second kappa shape index (κ2) is 6.21. The summed E-state index contributed by atoms with van der Waals surface area (Å²) >= 11 is 5.87. The van der Waals surface area contributed by atoms with Crippen LogP contribution in [0.5, 0.6) is 0 Å². The van der Waals surface area contributed by atoms with Crippen molar-refractivity contribution in [2.75, 3.05) is 7.05 Å². The molecule has 1 N–H and O–H groups in total. The highest BCUT2D eigenvalue weighted by Crippen LogP contribution is 2.20. The molecule has 0 aliphatic carbocycles. The minimum Gasteiger partial charge on any atom is -0.317 e. The average Bonchev–Trinajstić information content (AvgIpc) is 2.25. The van der Waals surface area contributed by atoms with E-state index in [4.69, 9.17) is 11.6 Å². The van der Waals surface area contributed by atoms with Gasteiger partial charge in [0.2, 0.25) is 0 Å². The van der Waals surface area contributed by atoms with E-state index < -0.39 is 0 Å². The summed E-state index contributed by atoms with van der Waals surface area (Å²) in [6.45, 7) is 4.26. The van der Waals surface area contributed by atoms with Gasteiger partial charge >= 0.3 is 0 Å². The van der Waals surface area contributed by atoms with E-state index in [1.54, 1.807) is 12.1 Å². The molecule has 1 nitrogen and oxygen atoms in total. The third-order valence-electron chi connectivity index (χ3n) is 3.05. The Morgan fingerprint density at radius 1 is 1.44 bits per heavy atom. The van der Waals surface area contributed by atoms with Gasteiger partial charge in [0.25, 0.3) is 0 Å². The Balaban J connectivity index is 2.75. The van der Waals surface area contributed by atoms with Crippen molar-refractivity contribution >= 4 is 11.6 Å². The molecule has 0 amide bonds. The summed E-state index contributed by atoms with van der Waals surface area (Å²) in [4.78, 5) is 0. The normalized spacial score (nSPS) is 14.8. The van der Waals surface area contributed by atoms with E-state index in [1.807, 2.05) is 7.05 Å². The van der Waals surface area contributed by atoms with Crippen molar-refractivity contribution in [1.29, 1.82) is 0 Å². The zero-order chi connectivity index (χ0) is 12.1. The minimum absolute atomic E-state index is 0.165. The fraction of sp³-hybridized carbons (Fsp3) is 0.538. The standard InChI is InChI=1S/C13H19ClFN/c1-4-13(16-3)9(2)7-10-8-11(14)5-6-12(10)15/h5-6,8-9,13,16H,4,7H2,1-3H3. The molecule has 2 unspecified atom stereocenters. The van der Waals surface area contributed by atoms with Gasteiger partial charge in [0.05, 0.1) is 0 Å². The summed E-state index contributed by atoms with van der Waals surface area (Å²) in [5.41, 5.74) is 0.703. The number of hydrogen-bond donors (Lipinski definition) is 1. The Kier molecular flexibility index (Phi) is 5.23. The molecule has 0 aliphatic rings. The molecule has 2 atom stereocenters. The van der Waals surface area contributed by atoms with Gasteiger partial charge < -0.3 is 5.32 Å². The summed E-state index contributed by atoms with van der Waals surface area (Å²) < 4.78 is 13.5. The highest BCUT2D eigenvalue weighted by molar-refractivity contribution is 6.30. The molecule has 0 spiro atoms. The third-order valence-corrected chi connectivity index (χ3v) is 3.28. The van der Waals surface area contributed by atoms with Gasteiger partial charge in [0, 0.05) is 11.1 Å². The van der Waals surface area contributed by atoms with Crippen molar-refractivity contribution < 1.29 is 4.39 Å². The predicted molar refractivity (Wildman–Crippen MR) is 67.4 cm³/mol. The molecule has 3 heteroatoms. The minimum atomic E-state index is -0.165. The third kappa shape index (κ3) is 3.46. The summed E-state index contributed by atoms with van der Waals surface area (Å²) in [5.74, 6) is 0.227. The van der Waals surface area contributed by atoms with Gasteiger partial charge in [-0.3, -0.25) is 0 Å². The van der Waals surface area contributed by atoms with Crippen LogP contribution in [0.3, 0.4) is 0 Å². The Morgan fingerprint density at radius 3 is 2.69 bits per heavy atom. The van der Waals surface area contributed by atoms with E-state index in [1.165, 1.54) is 6.07 Å². The number of nitrogens with one attached hydrogen (secondary N) is 1. The lowest BCUT2D eigenvalue weighted by molar-refractivity contribution is 0.382. The fourth-order valence-electron chi connectivity index (χ4n) is 2.08. The Hall–Kier alpha value is -0.600. The predicted octanol–water partition coefficient (Wildman–Crippen LogP) is 3.66. The first kappa shape index (κ1) is 13.5. The molecule has 1 aromatic rings. The lowest BCUT2D eigenvalue weighted by atomic mass is 9.92. The second-order valence-electron chi connectivity index (χ2n) is 4.22. The lowest BCUT2D eigenvalue weighted by Gasteiger charge is -2.22. The molecule has 1 aromatic carbocycles. The van der Waals surface area contributed by atoms with E-state index in [0.717, 1.165) is 6.42 Å². The van der Waals surface area contributed by atoms with Gasteiger partial charge in [0.15, 0.2) is 0 Å². The van der Waals surface area contributed by atoms with Gasteiger partial charge in [-0.05, 0) is 49.6 Å². The molecule has 0 saturated carbocycles. The zero-order valence-corrected chi connectivity index (χ0v) is 10.8. The molecule has 0 bridgehead atoms. The highest BCUT2D eigenvalue weighted by atomic mass is 35.5. The number of hydrogen-bond acceptors (Lipinski definition) is 1. The maximum absolute atomic E-state index is 13.5. The Bertz CT molecular complexity index is 337. The van der Waals surface area contributed by atoms with Crippen molar-refractivity contribution in [2.45, 2.75) is 32.7 Å². The maximum atomic E-state index is 13.5. The van der Waals surface area contributed by atoms with Crippen LogP contribution in [-0.4, -0.2) is 13.1 Å². The first-order chi connectivity index (χ1) is 7.58. The van der Waals surface area contributed by atoms with Crippen LogP contribution < -0.4 is 5.32 Å². The Labute approximate surface area is 102 Å². The molecule has 0 aliphatic heterocycles. The lowest BCUT2D eigenvalue weighted by Crippen LogP contribution is -2.32. The van der Waals surface area contributed by atoms with Crippen molar-refractivity contribution in [2.24, 2.45) is 5.92 Å². The summed E-state index contributed by atoms with van der Waals surface area (Å²) in [6.07, 6.45) is 1.76. The number of rotatable bonds is 5. The van der Waals surface area contributed by atoms with E-state index in [2.05, 4.69) is 19.2 Å². The molecule has 16 heavy (non-hydrogen) atoms. The molecular formula is C13H19ClFN. The monoisotopic (exact) mass is 243 g/mol. The molecule has 0 saturated heterocycles. The molecule has 0 aromatic heterocycles. The molecule has 0 radical (unpaired) electrons. The highest BCUT2D eigenvalue weighted by Gasteiger charge is 2.15. The van der Waals surface area contributed by atoms with E-state index >= 15 is 0 Å². The van der Waals surface area contributed by atoms with Crippen LogP contribution in [0.4, 0.5) is 4.39 Å². The maximum Gasteiger partial charge on any atom is 0.126 e. The zero-order valence-electron chi connectivity index (χ0n) is 10.1. The second-order valence-corrected chi connectivity index (χ2v) is 4.66. The largest absolute Gasteiger partial charge is 0.317 e. The van der Waals surface area contributed by atoms with Crippen LogP contribution in [0.15, 0.2) is 18.2 Å². The topological polar surface area (TPSA) is 12.0 Å². The quantitative estimate of drug-likeness (QED) is 0.832. The van der Waals surface area contributed by atoms with Gasteiger partial charge in [-0.15, -0.1) is 0 Å². The van der Waals surface area contributed by atoms with Crippen LogP contribution in [0.25, 0.3) is 0 Å². The van der Waals surface area contributed by atoms with Crippen LogP contribution in [0.2, 0.25) is 5.02 Å². The first-order valence-corrected chi connectivity index (χ1v) is 6.07. The Morgan fingerprint density at radius 2 is 2.12 bits per heavy atom. The summed E-state index contributed by atoms with van der Waals surface area (Å²) in [6, 6.07) is 5.15. The number of benzene rings is 1. The van der Waals surface area contributed by atoms with Crippen molar-refractivity contribution in [3.05, 3.63) is 34.6 Å². The van der Waals surface area contributed by atoms with Crippen LogP contribution >= 0.6 is 11.6 Å².